The molecule has 0 bridgehead atoms. The molecule has 7 nitrogen and oxygen atoms in total. The van der Waals surface area contributed by atoms with Crippen LogP contribution in [0.3, 0.4) is 0 Å². The van der Waals surface area contributed by atoms with Crippen molar-refractivity contribution in [1.82, 2.24) is 25.7 Å². The number of aromatic hydroxyl groups is 1. The molecule has 1 aliphatic carbocycles. The van der Waals surface area contributed by atoms with Gasteiger partial charge in [-0.15, -0.1) is 10.2 Å². The minimum absolute atomic E-state index is 0.182. The summed E-state index contributed by atoms with van der Waals surface area (Å²) in [7, 11) is 2.09. The van der Waals surface area contributed by atoms with Crippen molar-refractivity contribution in [3.8, 4) is 28.1 Å². The van der Waals surface area contributed by atoms with Crippen molar-refractivity contribution < 1.29 is 5.11 Å². The Kier molecular flexibility index (Phi) is 3.43. The van der Waals surface area contributed by atoms with Gasteiger partial charge in [-0.2, -0.15) is 5.10 Å². The fraction of sp³-hybridized carbons (Fsp3) is 0.316. The van der Waals surface area contributed by atoms with Crippen LogP contribution in [0.2, 0.25) is 0 Å². The average molecular weight is 348 g/mol. The van der Waals surface area contributed by atoms with Crippen molar-refractivity contribution in [2.45, 2.75) is 6.04 Å². The van der Waals surface area contributed by atoms with Crippen LogP contribution in [0.4, 0.5) is 5.82 Å². The molecular formula is C19H20N6O. The molecule has 132 valence electrons. The highest BCUT2D eigenvalue weighted by atomic mass is 16.3. The Balaban J connectivity index is 1.37. The summed E-state index contributed by atoms with van der Waals surface area (Å²) in [5, 5.41) is 29.3. The van der Waals surface area contributed by atoms with E-state index >= 15 is 0 Å². The van der Waals surface area contributed by atoms with Crippen LogP contribution < -0.4 is 10.2 Å². The maximum absolute atomic E-state index is 10.4. The zero-order chi connectivity index (χ0) is 17.7. The van der Waals surface area contributed by atoms with Crippen LogP contribution >= 0.6 is 0 Å². The normalized spacial score (nSPS) is 23.7. The molecule has 3 atom stereocenters. The molecule has 26 heavy (non-hydrogen) atoms. The van der Waals surface area contributed by atoms with Crippen molar-refractivity contribution in [3.63, 3.8) is 0 Å². The van der Waals surface area contributed by atoms with E-state index < -0.39 is 0 Å². The highest BCUT2D eigenvalue weighted by molar-refractivity contribution is 5.73. The molecule has 1 aromatic carbocycles. The smallest absolute Gasteiger partial charge is 0.151 e. The van der Waals surface area contributed by atoms with E-state index in [2.05, 4.69) is 37.7 Å². The number of piperidine rings is 1. The average Bonchev–Trinajstić information content (AvgIpc) is 3.07. The van der Waals surface area contributed by atoms with Crippen molar-refractivity contribution in [3.05, 3.63) is 42.7 Å². The zero-order valence-corrected chi connectivity index (χ0v) is 14.4. The van der Waals surface area contributed by atoms with Crippen LogP contribution in [0.15, 0.2) is 42.7 Å². The molecule has 0 radical (unpaired) electrons. The van der Waals surface area contributed by atoms with Crippen molar-refractivity contribution in [2.24, 2.45) is 11.8 Å². The van der Waals surface area contributed by atoms with Crippen LogP contribution in [0.5, 0.6) is 5.75 Å². The molecule has 2 aromatic heterocycles. The highest BCUT2D eigenvalue weighted by Crippen LogP contribution is 2.46. The lowest BCUT2D eigenvalue weighted by Gasteiger charge is -2.20. The van der Waals surface area contributed by atoms with Gasteiger partial charge in [-0.3, -0.25) is 5.10 Å². The van der Waals surface area contributed by atoms with Gasteiger partial charge in [0.2, 0.25) is 0 Å². The van der Waals surface area contributed by atoms with E-state index in [9.17, 15) is 5.11 Å². The first-order chi connectivity index (χ1) is 12.7. The third-order valence-corrected chi connectivity index (χ3v) is 5.61. The lowest BCUT2D eigenvalue weighted by Crippen LogP contribution is -2.30. The first kappa shape index (κ1) is 15.3. The number of fused-ring (bicyclic) bond motifs is 1. The molecule has 1 saturated heterocycles. The van der Waals surface area contributed by atoms with Gasteiger partial charge < -0.3 is 15.3 Å². The second-order valence-corrected chi connectivity index (χ2v) is 7.08. The van der Waals surface area contributed by atoms with Gasteiger partial charge in [-0.1, -0.05) is 6.07 Å². The summed E-state index contributed by atoms with van der Waals surface area (Å²) in [5.41, 5.74) is 3.17. The molecule has 3 N–H and O–H groups in total. The van der Waals surface area contributed by atoms with Gasteiger partial charge in [0, 0.05) is 43.5 Å². The monoisotopic (exact) mass is 348 g/mol. The van der Waals surface area contributed by atoms with E-state index in [-0.39, 0.29) is 5.75 Å². The minimum Gasteiger partial charge on any atom is -0.507 e. The van der Waals surface area contributed by atoms with E-state index in [0.29, 0.717) is 17.3 Å². The maximum Gasteiger partial charge on any atom is 0.151 e. The summed E-state index contributed by atoms with van der Waals surface area (Å²) in [4.78, 5) is 2.23. The van der Waals surface area contributed by atoms with Crippen LogP contribution in [-0.2, 0) is 0 Å². The lowest BCUT2D eigenvalue weighted by molar-refractivity contribution is 0.477. The van der Waals surface area contributed by atoms with E-state index in [1.165, 1.54) is 0 Å². The number of nitrogens with one attached hydrogen (secondary N) is 2. The molecular weight excluding hydrogens is 328 g/mol. The number of phenols is 1. The molecule has 1 saturated carbocycles. The predicted octanol–water partition coefficient (Wildman–Crippen LogP) is 1.89. The van der Waals surface area contributed by atoms with Gasteiger partial charge in [-0.25, -0.2) is 0 Å². The number of phenolic OH excluding ortho intramolecular Hbond substituents is 1. The van der Waals surface area contributed by atoms with Crippen LogP contribution in [0, 0.1) is 11.8 Å². The number of hydrogen-bond acceptors (Lipinski definition) is 6. The van der Waals surface area contributed by atoms with Gasteiger partial charge >= 0.3 is 0 Å². The molecule has 1 unspecified atom stereocenters. The number of benzene rings is 1. The van der Waals surface area contributed by atoms with Gasteiger partial charge in [0.25, 0.3) is 0 Å². The largest absolute Gasteiger partial charge is 0.507 e. The van der Waals surface area contributed by atoms with Crippen LogP contribution in [0.1, 0.15) is 0 Å². The Hall–Kier alpha value is -2.93. The summed E-state index contributed by atoms with van der Waals surface area (Å²) in [6.45, 7) is 2.20. The Morgan fingerprint density at radius 3 is 2.58 bits per heavy atom. The predicted molar refractivity (Wildman–Crippen MR) is 98.8 cm³/mol. The standard InChI is InChI=1S/C19H20N6O/c1-25(19-14-9-20-10-15(14)19)18-5-4-16(23-24-18)13-3-2-11(6-17(13)26)12-7-21-22-8-12/h2-8,14-15,19-20,26H,9-10H2,1H3,(H,21,22)/t14-,15+,19?. The summed E-state index contributed by atoms with van der Waals surface area (Å²) >= 11 is 0. The second-order valence-electron chi connectivity index (χ2n) is 7.08. The molecule has 1 aliphatic heterocycles. The molecule has 0 spiro atoms. The first-order valence-corrected chi connectivity index (χ1v) is 8.82. The fourth-order valence-corrected chi connectivity index (χ4v) is 4.11. The second kappa shape index (κ2) is 5.81. The highest BCUT2D eigenvalue weighted by Gasteiger charge is 2.55. The third kappa shape index (κ3) is 2.43. The SMILES string of the molecule is CN(c1ccc(-c2ccc(-c3cn[nH]c3)cc2O)nn1)C1[C@H]2CNC[C@@H]12. The molecule has 7 heteroatoms. The van der Waals surface area contributed by atoms with E-state index in [1.54, 1.807) is 18.5 Å². The van der Waals surface area contributed by atoms with Crippen LogP contribution in [-0.4, -0.2) is 51.7 Å². The number of aromatic nitrogens is 4. The van der Waals surface area contributed by atoms with Gasteiger partial charge in [-0.05, 0) is 41.7 Å². The molecule has 3 heterocycles. The topological polar surface area (TPSA) is 90.0 Å². The van der Waals surface area contributed by atoms with Crippen LogP contribution in [0.25, 0.3) is 22.4 Å². The van der Waals surface area contributed by atoms with E-state index in [0.717, 1.165) is 41.9 Å². The maximum atomic E-state index is 10.4. The number of rotatable bonds is 4. The third-order valence-electron chi connectivity index (χ3n) is 5.61. The fourth-order valence-electron chi connectivity index (χ4n) is 4.11. The Labute approximate surface area is 151 Å². The number of hydrogen-bond donors (Lipinski definition) is 3. The number of H-pyrrole nitrogens is 1. The molecule has 5 rings (SSSR count). The van der Waals surface area contributed by atoms with Gasteiger partial charge in [0.15, 0.2) is 5.82 Å². The number of aromatic amines is 1. The number of nitrogens with zero attached hydrogens (tertiary/aromatic N) is 4. The minimum atomic E-state index is 0.182. The summed E-state index contributed by atoms with van der Waals surface area (Å²) in [5.74, 6) is 2.53. The molecule has 3 aromatic rings. The Morgan fingerprint density at radius 2 is 1.92 bits per heavy atom. The molecule has 0 amide bonds. The Bertz CT molecular complexity index is 914. The van der Waals surface area contributed by atoms with E-state index in [1.807, 2.05) is 24.3 Å². The van der Waals surface area contributed by atoms with Gasteiger partial charge in [0.1, 0.15) is 5.75 Å². The first-order valence-electron chi connectivity index (χ1n) is 8.82. The lowest BCUT2D eigenvalue weighted by atomic mass is 10.0. The van der Waals surface area contributed by atoms with Crippen molar-refractivity contribution >= 4 is 5.82 Å². The Morgan fingerprint density at radius 1 is 1.08 bits per heavy atom. The summed E-state index contributed by atoms with van der Waals surface area (Å²) in [6, 6.07) is 10.00. The summed E-state index contributed by atoms with van der Waals surface area (Å²) in [6.07, 6.45) is 3.52. The zero-order valence-electron chi connectivity index (χ0n) is 14.4. The van der Waals surface area contributed by atoms with Crippen molar-refractivity contribution in [1.29, 1.82) is 0 Å². The number of anilines is 1. The van der Waals surface area contributed by atoms with Crippen molar-refractivity contribution in [2.75, 3.05) is 25.0 Å². The van der Waals surface area contributed by atoms with Gasteiger partial charge in [0.05, 0.1) is 11.9 Å². The summed E-state index contributed by atoms with van der Waals surface area (Å²) < 4.78 is 0. The molecule has 2 aliphatic rings. The quantitative estimate of drug-likeness (QED) is 0.667. The molecule has 2 fully saturated rings. The van der Waals surface area contributed by atoms with E-state index in [4.69, 9.17) is 0 Å².